The molecule has 1 aliphatic rings. The Labute approximate surface area is 88.6 Å². The molecule has 0 spiro atoms. The van der Waals surface area contributed by atoms with Crippen LogP contribution in [0.1, 0.15) is 23.4 Å². The summed E-state index contributed by atoms with van der Waals surface area (Å²) in [6, 6.07) is 2.12. The second-order valence-electron chi connectivity index (χ2n) is 4.01. The summed E-state index contributed by atoms with van der Waals surface area (Å²) in [6.45, 7) is 2.07. The molecule has 0 fully saturated rings. The zero-order chi connectivity index (χ0) is 10.3. The fourth-order valence-corrected chi connectivity index (χ4v) is 2.31. The zero-order valence-corrected chi connectivity index (χ0v) is 8.75. The lowest BCUT2D eigenvalue weighted by atomic mass is 10.1. The molecule has 1 N–H and O–H groups in total. The number of fused-ring (bicyclic) bond motifs is 3. The molecule has 76 valence electrons. The molecule has 0 atom stereocenters. The Balaban J connectivity index is 2.29. The Morgan fingerprint density at radius 3 is 3.13 bits per heavy atom. The lowest BCUT2D eigenvalue weighted by Gasteiger charge is -2.06. The van der Waals surface area contributed by atoms with E-state index < -0.39 is 0 Å². The summed E-state index contributed by atoms with van der Waals surface area (Å²) >= 11 is 0. The van der Waals surface area contributed by atoms with Gasteiger partial charge in [-0.3, -0.25) is 0 Å². The van der Waals surface area contributed by atoms with E-state index in [1.54, 1.807) is 6.33 Å². The van der Waals surface area contributed by atoms with Crippen molar-refractivity contribution in [3.05, 3.63) is 35.5 Å². The molecule has 0 aliphatic heterocycles. The van der Waals surface area contributed by atoms with Gasteiger partial charge in [0.2, 0.25) is 0 Å². The van der Waals surface area contributed by atoms with Gasteiger partial charge in [-0.2, -0.15) is 0 Å². The van der Waals surface area contributed by atoms with Gasteiger partial charge in [0.15, 0.2) is 0 Å². The highest BCUT2D eigenvalue weighted by Crippen LogP contribution is 2.30. The Morgan fingerprint density at radius 1 is 1.27 bits per heavy atom. The molecule has 2 aromatic heterocycles. The second kappa shape index (κ2) is 3.19. The van der Waals surface area contributed by atoms with Crippen LogP contribution >= 0.6 is 0 Å². The fraction of sp³-hybridized carbons (Fsp3) is 0.333. The number of H-pyrrole nitrogens is 1. The maximum atomic E-state index is 4.42. The molecule has 15 heavy (non-hydrogen) atoms. The topological polar surface area (TPSA) is 41.6 Å². The Kier molecular flexibility index (Phi) is 1.84. The van der Waals surface area contributed by atoms with Crippen molar-refractivity contribution in [1.29, 1.82) is 0 Å². The van der Waals surface area contributed by atoms with E-state index in [2.05, 4.69) is 27.9 Å². The van der Waals surface area contributed by atoms with Crippen LogP contribution < -0.4 is 0 Å². The van der Waals surface area contributed by atoms with Crippen LogP contribution in [0.15, 0.2) is 18.6 Å². The average Bonchev–Trinajstić information content (AvgIpc) is 2.62. The van der Waals surface area contributed by atoms with E-state index >= 15 is 0 Å². The normalized spacial score (nSPS) is 14.2. The highest BCUT2D eigenvalue weighted by Gasteiger charge is 2.17. The minimum absolute atomic E-state index is 1.09. The summed E-state index contributed by atoms with van der Waals surface area (Å²) in [5, 5.41) is 0. The first-order valence-corrected chi connectivity index (χ1v) is 5.33. The van der Waals surface area contributed by atoms with E-state index in [1.165, 1.54) is 23.2 Å². The maximum absolute atomic E-state index is 4.42. The Bertz CT molecular complexity index is 499. The van der Waals surface area contributed by atoms with Crippen LogP contribution in [0, 0.1) is 6.92 Å². The molecule has 0 aromatic carbocycles. The van der Waals surface area contributed by atoms with Crippen LogP contribution in [-0.2, 0) is 12.8 Å². The molecular formula is C12H13N3. The largest absolute Gasteiger partial charge is 0.364 e. The van der Waals surface area contributed by atoms with Gasteiger partial charge in [-0.1, -0.05) is 0 Å². The molecule has 0 saturated heterocycles. The summed E-state index contributed by atoms with van der Waals surface area (Å²) in [5.41, 5.74) is 6.13. The number of hydrogen-bond donors (Lipinski definition) is 1. The van der Waals surface area contributed by atoms with Gasteiger partial charge in [0, 0.05) is 23.1 Å². The summed E-state index contributed by atoms with van der Waals surface area (Å²) < 4.78 is 0. The molecular weight excluding hydrogens is 186 g/mol. The molecule has 3 rings (SSSR count). The number of aromatic amines is 1. The third kappa shape index (κ3) is 1.27. The van der Waals surface area contributed by atoms with Gasteiger partial charge >= 0.3 is 0 Å². The molecule has 2 heterocycles. The molecule has 3 nitrogen and oxygen atoms in total. The van der Waals surface area contributed by atoms with Gasteiger partial charge in [0.25, 0.3) is 0 Å². The van der Waals surface area contributed by atoms with Crippen LogP contribution in [0.5, 0.6) is 0 Å². The van der Waals surface area contributed by atoms with Crippen molar-refractivity contribution in [2.24, 2.45) is 0 Å². The lowest BCUT2D eigenvalue weighted by Crippen LogP contribution is -1.97. The van der Waals surface area contributed by atoms with Gasteiger partial charge in [-0.05, 0) is 37.8 Å². The van der Waals surface area contributed by atoms with Gasteiger partial charge in [0.1, 0.15) is 6.33 Å². The van der Waals surface area contributed by atoms with Crippen molar-refractivity contribution in [3.63, 3.8) is 0 Å². The van der Waals surface area contributed by atoms with E-state index in [1.807, 2.05) is 6.20 Å². The maximum Gasteiger partial charge on any atom is 0.116 e. The first-order chi connectivity index (χ1) is 7.36. The number of nitrogens with zero attached hydrogens (tertiary/aromatic N) is 2. The molecule has 0 radical (unpaired) electrons. The Morgan fingerprint density at radius 2 is 2.20 bits per heavy atom. The molecule has 2 aromatic rings. The summed E-state index contributed by atoms with van der Waals surface area (Å²) in [6.07, 6.45) is 7.03. The first kappa shape index (κ1) is 8.65. The highest BCUT2D eigenvalue weighted by atomic mass is 14.8. The number of nitrogens with one attached hydrogen (secondary N) is 1. The van der Waals surface area contributed by atoms with Crippen LogP contribution in [-0.4, -0.2) is 15.0 Å². The third-order valence-electron chi connectivity index (χ3n) is 3.10. The number of rotatable bonds is 0. The van der Waals surface area contributed by atoms with Gasteiger partial charge in [-0.25, -0.2) is 9.97 Å². The number of hydrogen-bond acceptors (Lipinski definition) is 2. The van der Waals surface area contributed by atoms with Gasteiger partial charge < -0.3 is 4.98 Å². The minimum Gasteiger partial charge on any atom is -0.364 e. The predicted molar refractivity (Wildman–Crippen MR) is 58.6 cm³/mol. The molecule has 3 heteroatoms. The van der Waals surface area contributed by atoms with E-state index in [0.717, 1.165) is 24.2 Å². The minimum atomic E-state index is 1.09. The fourth-order valence-electron chi connectivity index (χ4n) is 2.31. The lowest BCUT2D eigenvalue weighted by molar-refractivity contribution is 0.806. The van der Waals surface area contributed by atoms with Crippen LogP contribution in [0.2, 0.25) is 0 Å². The zero-order valence-electron chi connectivity index (χ0n) is 8.75. The number of aryl methyl sites for hydroxylation is 2. The molecule has 0 amide bonds. The van der Waals surface area contributed by atoms with E-state index in [9.17, 15) is 0 Å². The molecule has 0 unspecified atom stereocenters. The van der Waals surface area contributed by atoms with Gasteiger partial charge in [0.05, 0.1) is 5.69 Å². The summed E-state index contributed by atoms with van der Waals surface area (Å²) in [5.74, 6) is 0. The smallest absolute Gasteiger partial charge is 0.116 e. The van der Waals surface area contributed by atoms with Crippen LogP contribution in [0.4, 0.5) is 0 Å². The van der Waals surface area contributed by atoms with Crippen molar-refractivity contribution in [2.75, 3.05) is 0 Å². The van der Waals surface area contributed by atoms with Gasteiger partial charge in [-0.15, -0.1) is 0 Å². The third-order valence-corrected chi connectivity index (χ3v) is 3.10. The highest BCUT2D eigenvalue weighted by molar-refractivity contribution is 5.67. The predicted octanol–water partition coefficient (Wildman–Crippen LogP) is 2.27. The van der Waals surface area contributed by atoms with Crippen molar-refractivity contribution < 1.29 is 0 Å². The van der Waals surface area contributed by atoms with Crippen molar-refractivity contribution >= 4 is 0 Å². The monoisotopic (exact) mass is 199 g/mol. The van der Waals surface area contributed by atoms with Crippen molar-refractivity contribution in [1.82, 2.24) is 15.0 Å². The molecule has 0 bridgehead atoms. The van der Waals surface area contributed by atoms with Crippen molar-refractivity contribution in [3.8, 4) is 11.3 Å². The van der Waals surface area contributed by atoms with Crippen LogP contribution in [0.3, 0.4) is 0 Å². The average molecular weight is 199 g/mol. The standard InChI is InChI=1S/C12H13N3/c1-8-9-3-2-4-11-10(5-6-13-11)12(9)15-7-14-8/h5-7,13H,2-4H2,1H3. The molecule has 1 aliphatic carbocycles. The first-order valence-electron chi connectivity index (χ1n) is 5.33. The Hall–Kier alpha value is -1.64. The number of aromatic nitrogens is 3. The molecule has 0 saturated carbocycles. The van der Waals surface area contributed by atoms with E-state index in [-0.39, 0.29) is 0 Å². The SMILES string of the molecule is Cc1ncnc2c1CCCc1[nH]ccc1-2. The van der Waals surface area contributed by atoms with E-state index in [4.69, 9.17) is 0 Å². The second-order valence-corrected chi connectivity index (χ2v) is 4.01. The summed E-state index contributed by atoms with van der Waals surface area (Å²) in [7, 11) is 0. The quantitative estimate of drug-likeness (QED) is 0.707. The van der Waals surface area contributed by atoms with Crippen molar-refractivity contribution in [2.45, 2.75) is 26.2 Å². The summed E-state index contributed by atoms with van der Waals surface area (Å²) in [4.78, 5) is 12.0. The van der Waals surface area contributed by atoms with Crippen LogP contribution in [0.25, 0.3) is 11.3 Å². The van der Waals surface area contributed by atoms with E-state index in [0.29, 0.717) is 0 Å².